The number of nitrogens with one attached hydrogen (secondary N) is 1. The minimum atomic E-state index is 0.473. The Kier molecular flexibility index (Phi) is 4.36. The maximum Gasteiger partial charge on any atom is 0.130 e. The molecule has 0 saturated heterocycles. The smallest absolute Gasteiger partial charge is 0.130 e. The average Bonchev–Trinajstić information content (AvgIpc) is 2.46. The van der Waals surface area contributed by atoms with E-state index in [1.807, 2.05) is 25.1 Å². The molecule has 4 heteroatoms. The lowest BCUT2D eigenvalue weighted by molar-refractivity contribution is 0.410. The Labute approximate surface area is 113 Å². The van der Waals surface area contributed by atoms with Crippen molar-refractivity contribution in [2.24, 2.45) is 5.73 Å². The van der Waals surface area contributed by atoms with Crippen LogP contribution in [0.5, 0.6) is 5.75 Å². The molecule has 4 nitrogen and oxygen atoms in total. The second-order valence-corrected chi connectivity index (χ2v) is 4.38. The summed E-state index contributed by atoms with van der Waals surface area (Å²) in [6.45, 7) is 3.18. The molecule has 0 fully saturated rings. The minimum Gasteiger partial charge on any atom is -0.496 e. The van der Waals surface area contributed by atoms with E-state index in [9.17, 15) is 0 Å². The summed E-state index contributed by atoms with van der Waals surface area (Å²) in [4.78, 5) is 4.31. The lowest BCUT2D eigenvalue weighted by Crippen LogP contribution is -2.08. The molecular formula is C15H19N3O. The number of aromatic nitrogens is 1. The van der Waals surface area contributed by atoms with Crippen LogP contribution in [0.15, 0.2) is 36.5 Å². The lowest BCUT2D eigenvalue weighted by atomic mass is 10.1. The largest absolute Gasteiger partial charge is 0.496 e. The number of aryl methyl sites for hydroxylation is 1. The molecule has 0 aliphatic carbocycles. The normalized spacial score (nSPS) is 10.3. The molecule has 0 aliphatic rings. The molecule has 0 spiro atoms. The highest BCUT2D eigenvalue weighted by Crippen LogP contribution is 2.21. The van der Waals surface area contributed by atoms with Gasteiger partial charge in [0, 0.05) is 30.4 Å². The third kappa shape index (κ3) is 3.23. The number of nitrogens with zero attached hydrogens (tertiary/aromatic N) is 1. The number of benzene rings is 1. The summed E-state index contributed by atoms with van der Waals surface area (Å²) in [7, 11) is 1.68. The van der Waals surface area contributed by atoms with Crippen molar-refractivity contribution in [2.45, 2.75) is 20.0 Å². The Morgan fingerprint density at radius 1 is 1.26 bits per heavy atom. The van der Waals surface area contributed by atoms with Gasteiger partial charge in [0.05, 0.1) is 7.11 Å². The monoisotopic (exact) mass is 257 g/mol. The maximum atomic E-state index is 5.69. The fraction of sp³-hybridized carbons (Fsp3) is 0.267. The van der Waals surface area contributed by atoms with E-state index in [2.05, 4.69) is 22.4 Å². The van der Waals surface area contributed by atoms with E-state index in [1.54, 1.807) is 13.3 Å². The number of ether oxygens (including phenoxy) is 1. The highest BCUT2D eigenvalue weighted by atomic mass is 16.5. The molecule has 2 aromatic rings. The minimum absolute atomic E-state index is 0.473. The third-order valence-corrected chi connectivity index (χ3v) is 3.00. The fourth-order valence-corrected chi connectivity index (χ4v) is 1.94. The number of nitrogens with two attached hydrogens (primary N) is 1. The second kappa shape index (κ2) is 6.20. The molecule has 0 radical (unpaired) electrons. The van der Waals surface area contributed by atoms with E-state index >= 15 is 0 Å². The van der Waals surface area contributed by atoms with Crippen LogP contribution < -0.4 is 15.8 Å². The van der Waals surface area contributed by atoms with Gasteiger partial charge in [-0.2, -0.15) is 0 Å². The summed E-state index contributed by atoms with van der Waals surface area (Å²) in [6.07, 6.45) is 1.76. The van der Waals surface area contributed by atoms with Gasteiger partial charge in [-0.15, -0.1) is 0 Å². The SMILES string of the molecule is COc1cc(C)ccc1CNc1ncccc1CN. The van der Waals surface area contributed by atoms with Gasteiger partial charge in [0.15, 0.2) is 0 Å². The van der Waals surface area contributed by atoms with E-state index in [1.165, 1.54) is 5.56 Å². The fourth-order valence-electron chi connectivity index (χ4n) is 1.94. The van der Waals surface area contributed by atoms with Crippen molar-refractivity contribution >= 4 is 5.82 Å². The van der Waals surface area contributed by atoms with Crippen LogP contribution in [0.1, 0.15) is 16.7 Å². The van der Waals surface area contributed by atoms with Crippen LogP contribution in [0, 0.1) is 6.92 Å². The molecule has 1 aromatic heterocycles. The summed E-state index contributed by atoms with van der Waals surface area (Å²) in [5, 5.41) is 3.30. The zero-order chi connectivity index (χ0) is 13.7. The van der Waals surface area contributed by atoms with Crippen LogP contribution in [-0.2, 0) is 13.1 Å². The molecular weight excluding hydrogens is 238 g/mol. The first-order chi connectivity index (χ1) is 9.24. The van der Waals surface area contributed by atoms with E-state index in [0.29, 0.717) is 13.1 Å². The zero-order valence-electron chi connectivity index (χ0n) is 11.3. The van der Waals surface area contributed by atoms with Crippen molar-refractivity contribution in [3.63, 3.8) is 0 Å². The summed E-state index contributed by atoms with van der Waals surface area (Å²) in [5.41, 5.74) is 8.98. The van der Waals surface area contributed by atoms with Crippen LogP contribution in [0.25, 0.3) is 0 Å². The number of pyridine rings is 1. The van der Waals surface area contributed by atoms with E-state index in [4.69, 9.17) is 10.5 Å². The summed E-state index contributed by atoms with van der Waals surface area (Å²) in [5.74, 6) is 1.71. The van der Waals surface area contributed by atoms with Crippen molar-refractivity contribution in [1.82, 2.24) is 4.98 Å². The van der Waals surface area contributed by atoms with Gasteiger partial charge < -0.3 is 15.8 Å². The number of methoxy groups -OCH3 is 1. The van der Waals surface area contributed by atoms with Gasteiger partial charge in [-0.05, 0) is 24.6 Å². The molecule has 2 rings (SSSR count). The molecule has 0 saturated carbocycles. The van der Waals surface area contributed by atoms with Gasteiger partial charge in [-0.25, -0.2) is 4.98 Å². The first-order valence-corrected chi connectivity index (χ1v) is 6.26. The highest BCUT2D eigenvalue weighted by molar-refractivity contribution is 5.46. The molecule has 19 heavy (non-hydrogen) atoms. The van der Waals surface area contributed by atoms with Gasteiger partial charge in [0.1, 0.15) is 11.6 Å². The van der Waals surface area contributed by atoms with E-state index in [-0.39, 0.29) is 0 Å². The molecule has 3 N–H and O–H groups in total. The van der Waals surface area contributed by atoms with Crippen molar-refractivity contribution in [2.75, 3.05) is 12.4 Å². The molecule has 0 atom stereocenters. The van der Waals surface area contributed by atoms with Crippen molar-refractivity contribution in [3.05, 3.63) is 53.2 Å². The topological polar surface area (TPSA) is 60.2 Å². The predicted molar refractivity (Wildman–Crippen MR) is 77.2 cm³/mol. The van der Waals surface area contributed by atoms with Gasteiger partial charge in [0.2, 0.25) is 0 Å². The van der Waals surface area contributed by atoms with Gasteiger partial charge >= 0.3 is 0 Å². The Bertz CT molecular complexity index is 555. The highest BCUT2D eigenvalue weighted by Gasteiger charge is 2.05. The average molecular weight is 257 g/mol. The van der Waals surface area contributed by atoms with Crippen LogP contribution in [-0.4, -0.2) is 12.1 Å². The van der Waals surface area contributed by atoms with Crippen molar-refractivity contribution in [3.8, 4) is 5.75 Å². The van der Waals surface area contributed by atoms with Gasteiger partial charge in [-0.3, -0.25) is 0 Å². The number of hydrogen-bond acceptors (Lipinski definition) is 4. The van der Waals surface area contributed by atoms with E-state index < -0.39 is 0 Å². The first-order valence-electron chi connectivity index (χ1n) is 6.26. The van der Waals surface area contributed by atoms with Crippen LogP contribution in [0.3, 0.4) is 0 Å². The number of hydrogen-bond donors (Lipinski definition) is 2. The standard InChI is InChI=1S/C15H19N3O/c1-11-5-6-13(14(8-11)19-2)10-18-15-12(9-16)4-3-7-17-15/h3-8H,9-10,16H2,1-2H3,(H,17,18). The molecule has 0 bridgehead atoms. The molecule has 1 heterocycles. The van der Waals surface area contributed by atoms with Crippen molar-refractivity contribution in [1.29, 1.82) is 0 Å². The quantitative estimate of drug-likeness (QED) is 0.864. The maximum absolute atomic E-state index is 5.69. The Morgan fingerprint density at radius 2 is 2.11 bits per heavy atom. The number of anilines is 1. The Hall–Kier alpha value is -2.07. The molecule has 100 valence electrons. The summed E-state index contributed by atoms with van der Waals surface area (Å²) in [6, 6.07) is 10.0. The summed E-state index contributed by atoms with van der Waals surface area (Å²) >= 11 is 0. The molecule has 1 aromatic carbocycles. The van der Waals surface area contributed by atoms with Crippen LogP contribution in [0.4, 0.5) is 5.82 Å². The van der Waals surface area contributed by atoms with E-state index in [0.717, 1.165) is 22.7 Å². The van der Waals surface area contributed by atoms with Crippen LogP contribution >= 0.6 is 0 Å². The predicted octanol–water partition coefficient (Wildman–Crippen LogP) is 2.47. The summed E-state index contributed by atoms with van der Waals surface area (Å²) < 4.78 is 5.39. The molecule has 0 amide bonds. The zero-order valence-corrected chi connectivity index (χ0v) is 11.3. The first kappa shape index (κ1) is 13.4. The van der Waals surface area contributed by atoms with Gasteiger partial charge in [-0.1, -0.05) is 18.2 Å². The Balaban J connectivity index is 2.14. The molecule has 0 aliphatic heterocycles. The van der Waals surface area contributed by atoms with Crippen molar-refractivity contribution < 1.29 is 4.74 Å². The third-order valence-electron chi connectivity index (χ3n) is 3.00. The van der Waals surface area contributed by atoms with Gasteiger partial charge in [0.25, 0.3) is 0 Å². The number of rotatable bonds is 5. The second-order valence-electron chi connectivity index (χ2n) is 4.38. The lowest BCUT2D eigenvalue weighted by Gasteiger charge is -2.12. The Morgan fingerprint density at radius 3 is 2.84 bits per heavy atom. The van der Waals surface area contributed by atoms with Crippen LogP contribution in [0.2, 0.25) is 0 Å². The molecule has 0 unspecified atom stereocenters.